The molecule has 0 radical (unpaired) electrons. The lowest BCUT2D eigenvalue weighted by Gasteiger charge is -2.15. The van der Waals surface area contributed by atoms with Crippen molar-refractivity contribution in [2.24, 2.45) is 0 Å². The maximum Gasteiger partial charge on any atom is 0.257 e. The largest absolute Gasteiger partial charge is 0.257 e. The van der Waals surface area contributed by atoms with Gasteiger partial charge in [0.2, 0.25) is 0 Å². The Morgan fingerprint density at radius 3 is 1.16 bits per heavy atom. The molecule has 1 N–H and O–H groups in total. The van der Waals surface area contributed by atoms with Crippen LogP contribution in [0.5, 0.6) is 0 Å². The van der Waals surface area contributed by atoms with Crippen LogP contribution in [0, 0.1) is 0 Å². The zero-order valence-electron chi connectivity index (χ0n) is 26.1. The van der Waals surface area contributed by atoms with Gasteiger partial charge in [0, 0.05) is 0 Å². The van der Waals surface area contributed by atoms with Crippen LogP contribution in [0.25, 0.3) is 0 Å². The topological polar surface area (TPSA) is 19.7 Å². The Balaban J connectivity index is 2.14. The van der Waals surface area contributed by atoms with Crippen molar-refractivity contribution in [1.82, 2.24) is 4.98 Å². The molecule has 0 bridgehead atoms. The Hall–Kier alpha value is -0.790. The van der Waals surface area contributed by atoms with E-state index in [-0.39, 0.29) is 0 Å². The van der Waals surface area contributed by atoms with Crippen LogP contribution in [0.3, 0.4) is 0 Å². The van der Waals surface area contributed by atoms with Crippen LogP contribution < -0.4 is 4.57 Å². The van der Waals surface area contributed by atoms with Crippen molar-refractivity contribution in [3.8, 4) is 0 Å². The van der Waals surface area contributed by atoms with Crippen LogP contribution in [0.2, 0.25) is 0 Å². The first-order valence-corrected chi connectivity index (χ1v) is 17.3. The fraction of sp³-hybridized carbons (Fsp3) is 0.914. The Morgan fingerprint density at radius 2 is 0.838 bits per heavy atom. The van der Waals surface area contributed by atoms with E-state index in [0.29, 0.717) is 12.0 Å². The van der Waals surface area contributed by atoms with E-state index in [0.717, 1.165) is 0 Å². The van der Waals surface area contributed by atoms with E-state index in [9.17, 15) is 0 Å². The number of aromatic nitrogens is 2. The molecule has 0 spiro atoms. The number of hydrogen-bond acceptors (Lipinski definition) is 0. The van der Waals surface area contributed by atoms with Gasteiger partial charge in [-0.3, -0.25) is 0 Å². The number of nitrogens with one attached hydrogen (secondary N) is 1. The third-order valence-corrected chi connectivity index (χ3v) is 8.50. The molecular weight excluding hydrogens is 448 g/mol. The predicted octanol–water partition coefficient (Wildman–Crippen LogP) is 12.1. The highest BCUT2D eigenvalue weighted by atomic mass is 15.1. The van der Waals surface area contributed by atoms with E-state index in [1.165, 1.54) is 173 Å². The van der Waals surface area contributed by atoms with Gasteiger partial charge in [-0.05, 0) is 26.7 Å². The minimum absolute atomic E-state index is 0.549. The average molecular weight is 518 g/mol. The van der Waals surface area contributed by atoms with Crippen LogP contribution in [-0.2, 0) is 0 Å². The van der Waals surface area contributed by atoms with Gasteiger partial charge >= 0.3 is 0 Å². The summed E-state index contributed by atoms with van der Waals surface area (Å²) in [5.41, 5.74) is 0. The molecule has 0 fully saturated rings. The zero-order chi connectivity index (χ0) is 26.8. The Labute approximate surface area is 234 Å². The fourth-order valence-electron chi connectivity index (χ4n) is 6.02. The Morgan fingerprint density at radius 1 is 0.514 bits per heavy atom. The summed E-state index contributed by atoms with van der Waals surface area (Å²) < 4.78 is 2.49. The minimum Gasteiger partial charge on any atom is -0.247 e. The van der Waals surface area contributed by atoms with Gasteiger partial charge in [-0.2, -0.15) is 0 Å². The van der Waals surface area contributed by atoms with Gasteiger partial charge < -0.3 is 0 Å². The van der Waals surface area contributed by atoms with Crippen molar-refractivity contribution >= 4 is 0 Å². The molecule has 0 saturated carbocycles. The highest BCUT2D eigenvalue weighted by Gasteiger charge is 2.23. The third kappa shape index (κ3) is 19.0. The summed E-state index contributed by atoms with van der Waals surface area (Å²) >= 11 is 0. The third-order valence-electron chi connectivity index (χ3n) is 8.50. The highest BCUT2D eigenvalue weighted by molar-refractivity contribution is 4.90. The molecule has 0 saturated heterocycles. The SMILES string of the molecule is CCCCCCCCCCCCCCCCC[C@H](CCCCCCCCCCC)c1[nH]cc[n+]1C(C)C. The van der Waals surface area contributed by atoms with Gasteiger partial charge in [-0.25, -0.2) is 9.55 Å². The summed E-state index contributed by atoms with van der Waals surface area (Å²) in [6, 6.07) is 0.549. The minimum atomic E-state index is 0.549. The normalized spacial score (nSPS) is 12.6. The van der Waals surface area contributed by atoms with Gasteiger partial charge in [0.05, 0.1) is 12.0 Å². The standard InChI is InChI=1S/C35H68N2/c1-5-7-9-11-13-15-16-17-18-19-20-22-24-26-28-30-34(35-36-31-32-37(35)33(3)4)29-27-25-23-21-14-12-10-8-6-2/h31-34H,5-30H2,1-4H3/p+1/t34-/m0/s1. The van der Waals surface area contributed by atoms with Crippen molar-refractivity contribution in [3.05, 3.63) is 18.2 Å². The molecule has 0 aliphatic carbocycles. The molecule has 2 nitrogen and oxygen atoms in total. The van der Waals surface area contributed by atoms with Crippen molar-refractivity contribution in [3.63, 3.8) is 0 Å². The predicted molar refractivity (Wildman–Crippen MR) is 166 cm³/mol. The molecule has 0 aliphatic rings. The first kappa shape index (κ1) is 34.2. The summed E-state index contributed by atoms with van der Waals surface area (Å²) in [5.74, 6) is 2.20. The molecule has 1 rings (SSSR count). The summed E-state index contributed by atoms with van der Waals surface area (Å²) in [6.45, 7) is 9.26. The van der Waals surface area contributed by atoms with Crippen LogP contribution in [0.15, 0.2) is 12.4 Å². The molecule has 0 amide bonds. The Kier molecular flexibility index (Phi) is 23.6. The smallest absolute Gasteiger partial charge is 0.247 e. The lowest BCUT2D eigenvalue weighted by Crippen LogP contribution is -2.39. The first-order valence-electron chi connectivity index (χ1n) is 17.3. The van der Waals surface area contributed by atoms with E-state index < -0.39 is 0 Å². The van der Waals surface area contributed by atoms with Crippen LogP contribution in [0.1, 0.15) is 212 Å². The first-order chi connectivity index (χ1) is 18.2. The summed E-state index contributed by atoms with van der Waals surface area (Å²) in [6.07, 6.45) is 41.7. The molecule has 1 atom stereocenters. The number of unbranched alkanes of at least 4 members (excludes halogenated alkanes) is 22. The van der Waals surface area contributed by atoms with E-state index in [4.69, 9.17) is 0 Å². The van der Waals surface area contributed by atoms with E-state index >= 15 is 0 Å². The zero-order valence-corrected chi connectivity index (χ0v) is 26.1. The number of imidazole rings is 1. The Bertz CT molecular complexity index is 576. The molecule has 2 heteroatoms. The second-order valence-electron chi connectivity index (χ2n) is 12.4. The van der Waals surface area contributed by atoms with E-state index in [2.05, 4.69) is 49.6 Å². The van der Waals surface area contributed by atoms with Crippen molar-refractivity contribution in [2.75, 3.05) is 0 Å². The monoisotopic (exact) mass is 518 g/mol. The lowest BCUT2D eigenvalue weighted by atomic mass is 9.93. The summed E-state index contributed by atoms with van der Waals surface area (Å²) in [5, 5.41) is 0. The van der Waals surface area contributed by atoms with Crippen LogP contribution in [0.4, 0.5) is 0 Å². The molecular formula is C35H69N2+. The van der Waals surface area contributed by atoms with Gasteiger partial charge in [-0.1, -0.05) is 168 Å². The number of nitrogens with zero attached hydrogens (tertiary/aromatic N) is 1. The van der Waals surface area contributed by atoms with Gasteiger partial charge in [0.1, 0.15) is 12.4 Å². The molecule has 37 heavy (non-hydrogen) atoms. The van der Waals surface area contributed by atoms with E-state index in [1.54, 1.807) is 0 Å². The van der Waals surface area contributed by atoms with Crippen LogP contribution in [-0.4, -0.2) is 4.98 Å². The average Bonchev–Trinajstić information content (AvgIpc) is 3.39. The van der Waals surface area contributed by atoms with Crippen molar-refractivity contribution in [2.45, 2.75) is 207 Å². The van der Waals surface area contributed by atoms with Gasteiger partial charge in [0.15, 0.2) is 0 Å². The number of hydrogen-bond donors (Lipinski definition) is 1. The highest BCUT2D eigenvalue weighted by Crippen LogP contribution is 2.27. The second-order valence-corrected chi connectivity index (χ2v) is 12.4. The molecule has 0 aromatic carbocycles. The number of rotatable bonds is 28. The van der Waals surface area contributed by atoms with Crippen molar-refractivity contribution < 1.29 is 4.57 Å². The molecule has 0 aliphatic heterocycles. The molecule has 1 aromatic heterocycles. The van der Waals surface area contributed by atoms with E-state index in [1.807, 2.05) is 0 Å². The molecule has 0 unspecified atom stereocenters. The second kappa shape index (κ2) is 25.5. The maximum absolute atomic E-state index is 3.63. The van der Waals surface area contributed by atoms with Crippen molar-refractivity contribution in [1.29, 1.82) is 0 Å². The maximum atomic E-state index is 3.63. The molecule has 218 valence electrons. The molecule has 1 heterocycles. The van der Waals surface area contributed by atoms with Crippen LogP contribution >= 0.6 is 0 Å². The lowest BCUT2D eigenvalue weighted by molar-refractivity contribution is -0.723. The quantitative estimate of drug-likeness (QED) is 0.0842. The molecule has 1 aromatic rings. The summed E-state index contributed by atoms with van der Waals surface area (Å²) in [4.78, 5) is 3.63. The number of H-pyrrole nitrogens is 1. The number of aromatic amines is 1. The summed E-state index contributed by atoms with van der Waals surface area (Å²) in [7, 11) is 0. The fourth-order valence-corrected chi connectivity index (χ4v) is 6.02. The van der Waals surface area contributed by atoms with Gasteiger partial charge in [-0.15, -0.1) is 0 Å². The van der Waals surface area contributed by atoms with Gasteiger partial charge in [0.25, 0.3) is 5.82 Å².